The van der Waals surface area contributed by atoms with Gasteiger partial charge < -0.3 is 10.6 Å². The van der Waals surface area contributed by atoms with E-state index >= 15 is 0 Å². The number of rotatable bonds is 5. The number of thiophene rings is 1. The highest BCUT2D eigenvalue weighted by Crippen LogP contribution is 2.27. The van der Waals surface area contributed by atoms with Gasteiger partial charge in [-0.3, -0.25) is 0 Å². The highest BCUT2D eigenvalue weighted by Gasteiger charge is 2.07. The lowest BCUT2D eigenvalue weighted by Crippen LogP contribution is -2.27. The van der Waals surface area contributed by atoms with Gasteiger partial charge in [-0.2, -0.15) is 8.78 Å². The predicted molar refractivity (Wildman–Crippen MR) is 78.5 cm³/mol. The molecule has 3 nitrogen and oxygen atoms in total. The number of carbonyl (C=O) groups excluding carboxylic acids is 1. The first-order valence-electron chi connectivity index (χ1n) is 5.75. The van der Waals surface area contributed by atoms with Crippen molar-refractivity contribution in [3.05, 3.63) is 46.7 Å². The molecule has 0 saturated heterocycles. The Labute approximate surface area is 123 Å². The molecule has 0 aliphatic rings. The van der Waals surface area contributed by atoms with Gasteiger partial charge in [-0.15, -0.1) is 11.3 Å². The molecule has 0 bridgehead atoms. The molecule has 7 heteroatoms. The number of urea groups is 1. The number of carbonyl (C=O) groups is 1. The zero-order valence-corrected chi connectivity index (χ0v) is 11.9. The van der Waals surface area contributed by atoms with E-state index in [0.717, 1.165) is 4.88 Å². The fourth-order valence-electron chi connectivity index (χ4n) is 1.51. The number of anilines is 1. The molecule has 0 atom stereocenters. The van der Waals surface area contributed by atoms with Crippen molar-refractivity contribution in [1.29, 1.82) is 0 Å². The summed E-state index contributed by atoms with van der Waals surface area (Å²) in [4.78, 5) is 13.1. The second kappa shape index (κ2) is 7.25. The fourth-order valence-corrected chi connectivity index (χ4v) is 2.71. The molecular weight excluding hydrogens is 302 g/mol. The maximum Gasteiger partial charge on any atom is 0.319 e. The number of thioether (sulfide) groups is 1. The SMILES string of the molecule is O=C(NCc1cccs1)Nc1cccc(SC(F)F)c1. The van der Waals surface area contributed by atoms with Crippen molar-refractivity contribution >= 4 is 34.8 Å². The van der Waals surface area contributed by atoms with E-state index in [1.54, 1.807) is 29.5 Å². The van der Waals surface area contributed by atoms with Gasteiger partial charge in [0, 0.05) is 15.5 Å². The van der Waals surface area contributed by atoms with E-state index in [0.29, 0.717) is 28.9 Å². The highest BCUT2D eigenvalue weighted by atomic mass is 32.2. The molecule has 1 aromatic carbocycles. The Hall–Kier alpha value is -1.60. The van der Waals surface area contributed by atoms with Crippen LogP contribution in [0.25, 0.3) is 0 Å². The van der Waals surface area contributed by atoms with E-state index < -0.39 is 5.76 Å². The van der Waals surface area contributed by atoms with Crippen LogP contribution in [0.4, 0.5) is 19.3 Å². The molecular formula is C13H12F2N2OS2. The summed E-state index contributed by atoms with van der Waals surface area (Å²) in [5.41, 5.74) is 0.485. The summed E-state index contributed by atoms with van der Waals surface area (Å²) in [6, 6.07) is 9.83. The molecule has 2 amide bonds. The number of hydrogen-bond donors (Lipinski definition) is 2. The van der Waals surface area contributed by atoms with Gasteiger partial charge in [-0.1, -0.05) is 23.9 Å². The van der Waals surface area contributed by atoms with Crippen molar-refractivity contribution in [3.63, 3.8) is 0 Å². The standard InChI is InChI=1S/C13H12F2N2OS2/c14-12(15)20-10-4-1-3-9(7-10)17-13(18)16-8-11-5-2-6-19-11/h1-7,12H,8H2,(H2,16,17,18). The molecule has 0 unspecified atom stereocenters. The van der Waals surface area contributed by atoms with E-state index in [2.05, 4.69) is 10.6 Å². The van der Waals surface area contributed by atoms with Crippen molar-refractivity contribution in [2.45, 2.75) is 17.2 Å². The minimum Gasteiger partial charge on any atom is -0.333 e. The summed E-state index contributed by atoms with van der Waals surface area (Å²) in [5, 5.41) is 7.24. The van der Waals surface area contributed by atoms with Crippen molar-refractivity contribution < 1.29 is 13.6 Å². The maximum absolute atomic E-state index is 12.3. The molecule has 2 aromatic rings. The van der Waals surface area contributed by atoms with Crippen LogP contribution >= 0.6 is 23.1 Å². The lowest BCUT2D eigenvalue weighted by Gasteiger charge is -2.08. The van der Waals surface area contributed by atoms with Crippen molar-refractivity contribution in [1.82, 2.24) is 5.32 Å². The van der Waals surface area contributed by atoms with Gasteiger partial charge in [0.25, 0.3) is 5.76 Å². The van der Waals surface area contributed by atoms with Crippen LogP contribution in [0.3, 0.4) is 0 Å². The Morgan fingerprint density at radius 2 is 2.15 bits per heavy atom. The summed E-state index contributed by atoms with van der Waals surface area (Å²) in [6.45, 7) is 0.439. The van der Waals surface area contributed by atoms with Crippen LogP contribution in [0.1, 0.15) is 4.88 Å². The average Bonchev–Trinajstić information content (AvgIpc) is 2.89. The van der Waals surface area contributed by atoms with E-state index in [1.165, 1.54) is 6.07 Å². The molecule has 0 saturated carbocycles. The number of hydrogen-bond acceptors (Lipinski definition) is 3. The largest absolute Gasteiger partial charge is 0.333 e. The third-order valence-corrected chi connectivity index (χ3v) is 3.90. The topological polar surface area (TPSA) is 41.1 Å². The number of alkyl halides is 2. The van der Waals surface area contributed by atoms with Crippen molar-refractivity contribution in [3.8, 4) is 0 Å². The van der Waals surface area contributed by atoms with Gasteiger partial charge in [-0.25, -0.2) is 4.79 Å². The number of benzene rings is 1. The Kier molecular flexibility index (Phi) is 5.37. The van der Waals surface area contributed by atoms with Crippen LogP contribution in [0.15, 0.2) is 46.7 Å². The molecule has 0 aliphatic heterocycles. The van der Waals surface area contributed by atoms with Gasteiger partial charge in [0.2, 0.25) is 0 Å². The molecule has 106 valence electrons. The van der Waals surface area contributed by atoms with Crippen LogP contribution in [-0.4, -0.2) is 11.8 Å². The van der Waals surface area contributed by atoms with Crippen molar-refractivity contribution in [2.24, 2.45) is 0 Å². The third-order valence-electron chi connectivity index (χ3n) is 2.32. The van der Waals surface area contributed by atoms with Crippen LogP contribution in [0.2, 0.25) is 0 Å². The monoisotopic (exact) mass is 314 g/mol. The average molecular weight is 314 g/mol. The highest BCUT2D eigenvalue weighted by molar-refractivity contribution is 7.99. The Morgan fingerprint density at radius 3 is 2.85 bits per heavy atom. The quantitative estimate of drug-likeness (QED) is 0.804. The zero-order valence-electron chi connectivity index (χ0n) is 10.3. The van der Waals surface area contributed by atoms with Gasteiger partial charge >= 0.3 is 6.03 Å². The number of halogens is 2. The van der Waals surface area contributed by atoms with Gasteiger partial charge in [-0.05, 0) is 29.6 Å². The minimum absolute atomic E-state index is 0.363. The molecule has 0 radical (unpaired) electrons. The summed E-state index contributed by atoms with van der Waals surface area (Å²) in [6.07, 6.45) is 0. The summed E-state index contributed by atoms with van der Waals surface area (Å²) in [7, 11) is 0. The zero-order chi connectivity index (χ0) is 14.4. The molecule has 0 fully saturated rings. The Bertz CT molecular complexity index is 561. The molecule has 2 rings (SSSR count). The first-order valence-corrected chi connectivity index (χ1v) is 7.51. The van der Waals surface area contributed by atoms with Crippen LogP contribution in [0, 0.1) is 0 Å². The first-order chi connectivity index (χ1) is 9.63. The second-order valence-electron chi connectivity index (χ2n) is 3.79. The van der Waals surface area contributed by atoms with Crippen LogP contribution in [0.5, 0.6) is 0 Å². The third kappa shape index (κ3) is 4.82. The van der Waals surface area contributed by atoms with E-state index in [1.807, 2.05) is 17.5 Å². The van der Waals surface area contributed by atoms with Gasteiger partial charge in [0.15, 0.2) is 0 Å². The summed E-state index contributed by atoms with van der Waals surface area (Å²) >= 11 is 2.00. The Morgan fingerprint density at radius 1 is 1.30 bits per heavy atom. The predicted octanol–water partition coefficient (Wildman–Crippen LogP) is 4.38. The molecule has 1 aromatic heterocycles. The lowest BCUT2D eigenvalue weighted by atomic mass is 10.3. The normalized spacial score (nSPS) is 10.6. The molecule has 1 heterocycles. The number of amides is 2. The van der Waals surface area contributed by atoms with Crippen LogP contribution < -0.4 is 10.6 Å². The maximum atomic E-state index is 12.3. The van der Waals surface area contributed by atoms with Gasteiger partial charge in [0.1, 0.15) is 0 Å². The van der Waals surface area contributed by atoms with Crippen LogP contribution in [-0.2, 0) is 6.54 Å². The second-order valence-corrected chi connectivity index (χ2v) is 5.89. The van der Waals surface area contributed by atoms with Gasteiger partial charge in [0.05, 0.1) is 6.54 Å². The summed E-state index contributed by atoms with van der Waals surface area (Å²) in [5.74, 6) is -2.47. The van der Waals surface area contributed by atoms with E-state index in [-0.39, 0.29) is 6.03 Å². The fraction of sp³-hybridized carbons (Fsp3) is 0.154. The molecule has 0 spiro atoms. The molecule has 0 aliphatic carbocycles. The molecule has 2 N–H and O–H groups in total. The van der Waals surface area contributed by atoms with Crippen molar-refractivity contribution in [2.75, 3.05) is 5.32 Å². The summed E-state index contributed by atoms with van der Waals surface area (Å²) < 4.78 is 24.5. The van der Waals surface area contributed by atoms with E-state index in [9.17, 15) is 13.6 Å². The first kappa shape index (κ1) is 14.8. The lowest BCUT2D eigenvalue weighted by molar-refractivity contribution is 0.251. The smallest absolute Gasteiger partial charge is 0.319 e. The van der Waals surface area contributed by atoms with E-state index in [4.69, 9.17) is 0 Å². The number of nitrogens with one attached hydrogen (secondary N) is 2. The molecule has 20 heavy (non-hydrogen) atoms. The minimum atomic E-state index is -2.47. The Balaban J connectivity index is 1.87.